The van der Waals surface area contributed by atoms with Crippen LogP contribution in [0.1, 0.15) is 37.7 Å². The van der Waals surface area contributed by atoms with Crippen molar-refractivity contribution in [3.8, 4) is 0 Å². The van der Waals surface area contributed by atoms with Crippen LogP contribution in [0.4, 0.5) is 0 Å². The van der Waals surface area contributed by atoms with Crippen molar-refractivity contribution >= 4 is 0 Å². The number of nitrogens with zero attached hydrogens (tertiary/aromatic N) is 2. The Bertz CT molecular complexity index is 385. The third-order valence-electron chi connectivity index (χ3n) is 3.64. The summed E-state index contributed by atoms with van der Waals surface area (Å²) in [6, 6.07) is 4.98. The minimum absolute atomic E-state index is 0.736. The van der Waals surface area contributed by atoms with Gasteiger partial charge in [-0.3, -0.25) is 4.90 Å². The highest BCUT2D eigenvalue weighted by atomic mass is 16.3. The molecule has 1 aromatic heterocycles. The molecule has 0 bridgehead atoms. The van der Waals surface area contributed by atoms with Gasteiger partial charge in [0, 0.05) is 19.1 Å². The van der Waals surface area contributed by atoms with E-state index in [-0.39, 0.29) is 0 Å². The Kier molecular flexibility index (Phi) is 6.07. The Morgan fingerprint density at radius 3 is 2.55 bits per heavy atom. The quantitative estimate of drug-likeness (QED) is 0.712. The fourth-order valence-corrected chi connectivity index (χ4v) is 2.28. The predicted molar refractivity (Wildman–Crippen MR) is 82.7 cm³/mol. The predicted octanol–water partition coefficient (Wildman–Crippen LogP) is 2.31. The lowest BCUT2D eigenvalue weighted by molar-refractivity contribution is 0.216. The van der Waals surface area contributed by atoms with Crippen LogP contribution in [-0.2, 0) is 13.1 Å². The van der Waals surface area contributed by atoms with Gasteiger partial charge >= 0.3 is 0 Å². The molecule has 1 N–H and O–H groups in total. The van der Waals surface area contributed by atoms with Crippen LogP contribution in [0.5, 0.6) is 0 Å². The van der Waals surface area contributed by atoms with Crippen LogP contribution in [0.15, 0.2) is 16.5 Å². The van der Waals surface area contributed by atoms with E-state index in [0.717, 1.165) is 50.3 Å². The van der Waals surface area contributed by atoms with Crippen LogP contribution in [0.2, 0.25) is 0 Å². The van der Waals surface area contributed by atoms with E-state index >= 15 is 0 Å². The van der Waals surface area contributed by atoms with Gasteiger partial charge < -0.3 is 14.6 Å². The number of likely N-dealkylation sites (N-methyl/N-ethyl adjacent to an activating group) is 1. The molecule has 0 radical (unpaired) electrons. The average molecular weight is 279 g/mol. The summed E-state index contributed by atoms with van der Waals surface area (Å²) in [5.74, 6) is 2.15. The van der Waals surface area contributed by atoms with Gasteiger partial charge in [0.1, 0.15) is 11.5 Å². The molecule has 0 unspecified atom stereocenters. The van der Waals surface area contributed by atoms with Crippen molar-refractivity contribution in [1.29, 1.82) is 0 Å². The molecule has 1 heterocycles. The summed E-state index contributed by atoms with van der Waals surface area (Å²) >= 11 is 0. The van der Waals surface area contributed by atoms with Gasteiger partial charge in [-0.1, -0.05) is 6.92 Å². The Balaban J connectivity index is 1.78. The van der Waals surface area contributed by atoms with Crippen LogP contribution in [0, 0.1) is 0 Å². The SMILES string of the molecule is CCCN(CCN(C)C)Cc1ccc(CNC2CC2)o1. The number of furan rings is 1. The summed E-state index contributed by atoms with van der Waals surface area (Å²) in [5.41, 5.74) is 0. The fourth-order valence-electron chi connectivity index (χ4n) is 2.28. The third kappa shape index (κ3) is 5.65. The molecule has 1 aliphatic carbocycles. The van der Waals surface area contributed by atoms with Gasteiger partial charge in [-0.05, 0) is 52.0 Å². The zero-order valence-corrected chi connectivity index (χ0v) is 13.2. The number of hydrogen-bond acceptors (Lipinski definition) is 4. The molecule has 0 aromatic carbocycles. The van der Waals surface area contributed by atoms with E-state index in [2.05, 4.69) is 48.3 Å². The fraction of sp³-hybridized carbons (Fsp3) is 0.750. The van der Waals surface area contributed by atoms with Gasteiger partial charge in [0.15, 0.2) is 0 Å². The van der Waals surface area contributed by atoms with Gasteiger partial charge in [-0.15, -0.1) is 0 Å². The first kappa shape index (κ1) is 15.5. The van der Waals surface area contributed by atoms with Crippen molar-refractivity contribution in [1.82, 2.24) is 15.1 Å². The molecule has 1 fully saturated rings. The molecule has 114 valence electrons. The van der Waals surface area contributed by atoms with Crippen LogP contribution in [0.3, 0.4) is 0 Å². The Morgan fingerprint density at radius 1 is 1.15 bits per heavy atom. The topological polar surface area (TPSA) is 31.6 Å². The molecule has 0 spiro atoms. The Morgan fingerprint density at radius 2 is 1.90 bits per heavy atom. The van der Waals surface area contributed by atoms with Crippen molar-refractivity contribution in [2.75, 3.05) is 33.7 Å². The minimum atomic E-state index is 0.736. The van der Waals surface area contributed by atoms with Crippen LogP contribution in [-0.4, -0.2) is 49.6 Å². The maximum absolute atomic E-state index is 5.93. The summed E-state index contributed by atoms with van der Waals surface area (Å²) in [6.07, 6.45) is 3.83. The third-order valence-corrected chi connectivity index (χ3v) is 3.64. The molecular weight excluding hydrogens is 250 g/mol. The molecule has 1 aliphatic rings. The maximum Gasteiger partial charge on any atom is 0.118 e. The minimum Gasteiger partial charge on any atom is -0.463 e. The zero-order chi connectivity index (χ0) is 14.4. The molecule has 0 saturated heterocycles. The normalized spacial score (nSPS) is 15.4. The smallest absolute Gasteiger partial charge is 0.118 e. The summed E-state index contributed by atoms with van der Waals surface area (Å²) in [6.45, 7) is 7.34. The Labute approximate surface area is 123 Å². The summed E-state index contributed by atoms with van der Waals surface area (Å²) in [7, 11) is 4.25. The lowest BCUT2D eigenvalue weighted by Crippen LogP contribution is -2.31. The molecule has 0 atom stereocenters. The van der Waals surface area contributed by atoms with E-state index in [4.69, 9.17) is 4.42 Å². The first-order chi connectivity index (χ1) is 9.67. The molecule has 4 heteroatoms. The van der Waals surface area contributed by atoms with Crippen molar-refractivity contribution in [2.24, 2.45) is 0 Å². The molecular formula is C16H29N3O. The number of hydrogen-bond donors (Lipinski definition) is 1. The first-order valence-electron chi connectivity index (χ1n) is 7.85. The lowest BCUT2D eigenvalue weighted by atomic mass is 10.3. The monoisotopic (exact) mass is 279 g/mol. The van der Waals surface area contributed by atoms with Crippen LogP contribution in [0.25, 0.3) is 0 Å². The number of nitrogens with one attached hydrogen (secondary N) is 1. The first-order valence-corrected chi connectivity index (χ1v) is 7.85. The van der Waals surface area contributed by atoms with E-state index in [1.54, 1.807) is 0 Å². The molecule has 4 nitrogen and oxygen atoms in total. The van der Waals surface area contributed by atoms with Gasteiger partial charge in [-0.25, -0.2) is 0 Å². The van der Waals surface area contributed by atoms with Gasteiger partial charge in [-0.2, -0.15) is 0 Å². The van der Waals surface area contributed by atoms with Crippen molar-refractivity contribution < 1.29 is 4.42 Å². The highest BCUT2D eigenvalue weighted by Gasteiger charge is 2.20. The molecule has 0 amide bonds. The Hall–Kier alpha value is -0.840. The highest BCUT2D eigenvalue weighted by molar-refractivity contribution is 5.07. The largest absolute Gasteiger partial charge is 0.463 e. The van der Waals surface area contributed by atoms with Crippen molar-refractivity contribution in [2.45, 2.75) is 45.3 Å². The second-order valence-corrected chi connectivity index (χ2v) is 6.10. The highest BCUT2D eigenvalue weighted by Crippen LogP contribution is 2.20. The van der Waals surface area contributed by atoms with E-state index in [0.29, 0.717) is 0 Å². The van der Waals surface area contributed by atoms with E-state index in [1.165, 1.54) is 19.3 Å². The second-order valence-electron chi connectivity index (χ2n) is 6.10. The van der Waals surface area contributed by atoms with Crippen LogP contribution < -0.4 is 5.32 Å². The molecule has 1 saturated carbocycles. The zero-order valence-electron chi connectivity index (χ0n) is 13.2. The second kappa shape index (κ2) is 7.81. The van der Waals surface area contributed by atoms with Crippen LogP contribution >= 0.6 is 0 Å². The van der Waals surface area contributed by atoms with Gasteiger partial charge in [0.25, 0.3) is 0 Å². The van der Waals surface area contributed by atoms with E-state index in [1.807, 2.05) is 0 Å². The van der Waals surface area contributed by atoms with E-state index in [9.17, 15) is 0 Å². The van der Waals surface area contributed by atoms with Crippen molar-refractivity contribution in [3.05, 3.63) is 23.7 Å². The van der Waals surface area contributed by atoms with Gasteiger partial charge in [0.2, 0.25) is 0 Å². The molecule has 1 aromatic rings. The number of rotatable bonds is 10. The summed E-state index contributed by atoms with van der Waals surface area (Å²) < 4.78 is 5.93. The molecule has 20 heavy (non-hydrogen) atoms. The standard InChI is InChI=1S/C16H29N3O/c1-4-9-19(11-10-18(2)3)13-16-8-7-15(20-16)12-17-14-5-6-14/h7-8,14,17H,4-6,9-13H2,1-3H3. The van der Waals surface area contributed by atoms with Crippen molar-refractivity contribution in [3.63, 3.8) is 0 Å². The van der Waals surface area contributed by atoms with Gasteiger partial charge in [0.05, 0.1) is 13.1 Å². The molecule has 0 aliphatic heterocycles. The maximum atomic E-state index is 5.93. The van der Waals surface area contributed by atoms with E-state index < -0.39 is 0 Å². The average Bonchev–Trinajstić information content (AvgIpc) is 3.14. The summed E-state index contributed by atoms with van der Waals surface area (Å²) in [4.78, 5) is 4.70. The lowest BCUT2D eigenvalue weighted by Gasteiger charge is -2.22. The molecule has 2 rings (SSSR count). The summed E-state index contributed by atoms with van der Waals surface area (Å²) in [5, 5.41) is 3.49.